The number of nitrogens with zero attached hydrogens (tertiary/aromatic N) is 2. The quantitative estimate of drug-likeness (QED) is 0.208. The molecule has 4 aromatic rings. The molecule has 5 rings (SSSR count). The van der Waals surface area contributed by atoms with Crippen LogP contribution in [0.1, 0.15) is 36.6 Å². The second kappa shape index (κ2) is 12.3. The third-order valence-corrected chi connectivity index (χ3v) is 8.48. The molecule has 0 spiro atoms. The molecule has 0 bridgehead atoms. The number of aromatic nitrogens is 1. The highest BCUT2D eigenvalue weighted by Crippen LogP contribution is 2.32. The van der Waals surface area contributed by atoms with E-state index in [4.69, 9.17) is 32.7 Å². The van der Waals surface area contributed by atoms with Crippen LogP contribution in [0.2, 0.25) is 10.0 Å². The second-order valence-corrected chi connectivity index (χ2v) is 11.8. The van der Waals surface area contributed by atoms with Gasteiger partial charge in [-0.05, 0) is 68.0 Å². The van der Waals surface area contributed by atoms with Crippen molar-refractivity contribution >= 4 is 62.5 Å². The van der Waals surface area contributed by atoms with Gasteiger partial charge in [-0.25, -0.2) is 14.2 Å². The first-order chi connectivity index (χ1) is 19.7. The van der Waals surface area contributed by atoms with E-state index in [9.17, 15) is 14.0 Å². The first kappa shape index (κ1) is 29.3. The monoisotopic (exact) mass is 674 g/mol. The Labute approximate surface area is 257 Å². The minimum atomic E-state index is -0.758. The van der Waals surface area contributed by atoms with Gasteiger partial charge < -0.3 is 9.47 Å². The lowest BCUT2D eigenvalue weighted by atomic mass is 9.96. The van der Waals surface area contributed by atoms with Gasteiger partial charge in [-0.1, -0.05) is 68.7 Å². The molecule has 3 aromatic carbocycles. The summed E-state index contributed by atoms with van der Waals surface area (Å²) in [7, 11) is 0. The first-order valence-corrected chi connectivity index (χ1v) is 14.8. The zero-order valence-electron chi connectivity index (χ0n) is 21.8. The summed E-state index contributed by atoms with van der Waals surface area (Å²) in [5.41, 5.74) is 1.90. The molecule has 1 aromatic heterocycles. The van der Waals surface area contributed by atoms with E-state index in [2.05, 4.69) is 20.9 Å². The normalized spacial score (nSPS) is 15.0. The van der Waals surface area contributed by atoms with Gasteiger partial charge in [-0.2, -0.15) is 0 Å². The molecule has 6 nitrogen and oxygen atoms in total. The fraction of sp³-hybridized carbons (Fsp3) is 0.167. The third-order valence-electron chi connectivity index (χ3n) is 6.39. The van der Waals surface area contributed by atoms with Crippen molar-refractivity contribution in [1.82, 2.24) is 4.57 Å². The minimum Gasteiger partial charge on any atom is -0.488 e. The number of halogens is 4. The van der Waals surface area contributed by atoms with E-state index in [0.29, 0.717) is 36.9 Å². The van der Waals surface area contributed by atoms with E-state index in [0.717, 1.165) is 4.47 Å². The van der Waals surface area contributed by atoms with E-state index < -0.39 is 17.8 Å². The number of benzene rings is 3. The smallest absolute Gasteiger partial charge is 0.338 e. The van der Waals surface area contributed by atoms with Crippen molar-refractivity contribution in [3.05, 3.63) is 129 Å². The number of ether oxygens (including phenoxy) is 2. The summed E-state index contributed by atoms with van der Waals surface area (Å²) >= 11 is 17.0. The summed E-state index contributed by atoms with van der Waals surface area (Å²) < 4.78 is 28.3. The highest BCUT2D eigenvalue weighted by atomic mass is 79.9. The molecule has 0 aliphatic carbocycles. The first-order valence-electron chi connectivity index (χ1n) is 12.5. The van der Waals surface area contributed by atoms with Gasteiger partial charge >= 0.3 is 5.97 Å². The van der Waals surface area contributed by atoms with Gasteiger partial charge in [0, 0.05) is 20.6 Å². The molecule has 0 fully saturated rings. The Balaban J connectivity index is 1.62. The van der Waals surface area contributed by atoms with Gasteiger partial charge in [0.25, 0.3) is 5.56 Å². The average molecular weight is 676 g/mol. The van der Waals surface area contributed by atoms with E-state index in [1.807, 2.05) is 0 Å². The summed E-state index contributed by atoms with van der Waals surface area (Å²) in [6, 6.07) is 15.9. The summed E-state index contributed by atoms with van der Waals surface area (Å²) in [4.78, 5) is 32.0. The average Bonchev–Trinajstić information content (AvgIpc) is 3.23. The molecule has 41 heavy (non-hydrogen) atoms. The van der Waals surface area contributed by atoms with Crippen LogP contribution in [0.25, 0.3) is 6.08 Å². The van der Waals surface area contributed by atoms with Gasteiger partial charge in [0.1, 0.15) is 18.2 Å². The van der Waals surface area contributed by atoms with Crippen LogP contribution < -0.4 is 19.6 Å². The maximum atomic E-state index is 14.3. The number of thiazole rings is 1. The van der Waals surface area contributed by atoms with Gasteiger partial charge in [-0.3, -0.25) is 9.36 Å². The maximum absolute atomic E-state index is 14.3. The van der Waals surface area contributed by atoms with Crippen molar-refractivity contribution < 1.29 is 18.7 Å². The number of carbonyl (C=O) groups is 1. The predicted molar refractivity (Wildman–Crippen MR) is 162 cm³/mol. The van der Waals surface area contributed by atoms with Crippen LogP contribution in [0.15, 0.2) is 86.2 Å². The number of esters is 1. The van der Waals surface area contributed by atoms with E-state index in [1.54, 1.807) is 68.5 Å². The number of allylic oxidation sites excluding steroid dienone is 1. The lowest BCUT2D eigenvalue weighted by Crippen LogP contribution is -2.39. The molecule has 1 aliphatic rings. The fourth-order valence-corrected chi connectivity index (χ4v) is 6.24. The molecule has 0 amide bonds. The largest absolute Gasteiger partial charge is 0.488 e. The van der Waals surface area contributed by atoms with Crippen LogP contribution in [-0.2, 0) is 16.1 Å². The zero-order valence-corrected chi connectivity index (χ0v) is 25.7. The van der Waals surface area contributed by atoms with Crippen LogP contribution >= 0.6 is 50.5 Å². The Morgan fingerprint density at radius 1 is 1.17 bits per heavy atom. The van der Waals surface area contributed by atoms with Crippen molar-refractivity contribution in [2.75, 3.05) is 6.61 Å². The van der Waals surface area contributed by atoms with Crippen LogP contribution in [-0.4, -0.2) is 17.1 Å². The maximum Gasteiger partial charge on any atom is 0.338 e. The Bertz CT molecular complexity index is 1850. The summed E-state index contributed by atoms with van der Waals surface area (Å²) in [5.74, 6) is -0.590. The highest BCUT2D eigenvalue weighted by Gasteiger charge is 2.33. The molecule has 0 unspecified atom stereocenters. The van der Waals surface area contributed by atoms with Crippen molar-refractivity contribution in [1.29, 1.82) is 0 Å². The zero-order chi connectivity index (χ0) is 29.3. The van der Waals surface area contributed by atoms with Crippen LogP contribution in [0.4, 0.5) is 4.39 Å². The summed E-state index contributed by atoms with van der Waals surface area (Å²) in [6.07, 6.45) is 1.69. The molecule has 0 radical (unpaired) electrons. The molecule has 0 N–H and O–H groups in total. The van der Waals surface area contributed by atoms with Crippen molar-refractivity contribution in [3.63, 3.8) is 0 Å². The lowest BCUT2D eigenvalue weighted by Gasteiger charge is -2.24. The number of fused-ring (bicyclic) bond motifs is 1. The van der Waals surface area contributed by atoms with Crippen LogP contribution in [0, 0.1) is 5.82 Å². The Hall–Kier alpha value is -3.24. The summed E-state index contributed by atoms with van der Waals surface area (Å²) in [5, 5.41) is 0.783. The Morgan fingerprint density at radius 3 is 2.63 bits per heavy atom. The highest BCUT2D eigenvalue weighted by molar-refractivity contribution is 9.10. The lowest BCUT2D eigenvalue weighted by molar-refractivity contribution is -0.139. The SMILES string of the molecule is CCOC(=O)C1=C(C)N=c2s/c(=C/c3cc(Br)ccc3OCc3c(F)cccc3Cl)c(=O)n2[C@H]1c1ccc(Cl)cc1. The van der Waals surface area contributed by atoms with Gasteiger partial charge in [0.05, 0.1) is 33.5 Å². The minimum absolute atomic E-state index is 0.103. The fourth-order valence-electron chi connectivity index (χ4n) is 4.48. The molecule has 0 saturated heterocycles. The van der Waals surface area contributed by atoms with Gasteiger partial charge in [-0.15, -0.1) is 0 Å². The Morgan fingerprint density at radius 2 is 1.93 bits per heavy atom. The predicted octanol–water partition coefficient (Wildman–Crippen LogP) is 6.59. The van der Waals surface area contributed by atoms with Crippen LogP contribution in [0.5, 0.6) is 5.75 Å². The van der Waals surface area contributed by atoms with Crippen molar-refractivity contribution in [3.8, 4) is 5.75 Å². The molecular weight excluding hydrogens is 654 g/mol. The molecule has 0 saturated carbocycles. The second-order valence-electron chi connectivity index (χ2n) is 9.02. The van der Waals surface area contributed by atoms with E-state index in [-0.39, 0.29) is 34.9 Å². The van der Waals surface area contributed by atoms with Gasteiger partial charge in [0.2, 0.25) is 0 Å². The van der Waals surface area contributed by atoms with Crippen molar-refractivity contribution in [2.45, 2.75) is 26.5 Å². The molecule has 1 aliphatic heterocycles. The van der Waals surface area contributed by atoms with E-state index in [1.165, 1.54) is 28.0 Å². The van der Waals surface area contributed by atoms with Crippen molar-refractivity contribution in [2.24, 2.45) is 4.99 Å². The Kier molecular flexibility index (Phi) is 8.79. The molecule has 11 heteroatoms. The molecular formula is C30H22BrCl2FN2O4S. The molecule has 2 heterocycles. The molecule has 1 atom stereocenters. The number of hydrogen-bond acceptors (Lipinski definition) is 6. The summed E-state index contributed by atoms with van der Waals surface area (Å²) in [6.45, 7) is 3.52. The topological polar surface area (TPSA) is 69.9 Å². The van der Waals surface area contributed by atoms with E-state index >= 15 is 0 Å². The number of carbonyl (C=O) groups excluding carboxylic acids is 1. The van der Waals surface area contributed by atoms with Gasteiger partial charge in [0.15, 0.2) is 4.80 Å². The number of rotatable bonds is 7. The third kappa shape index (κ3) is 6.04. The standard InChI is InChI=1S/C30H22BrCl2FN2O4S/c1-3-39-29(38)26-16(2)35-30-36(27(26)17-7-10-20(32)11-8-17)28(37)25(41-30)14-18-13-19(31)9-12-24(18)40-15-21-22(33)5-4-6-23(21)34/h4-14,27H,3,15H2,1-2H3/b25-14+/t27-/m0/s1. The number of hydrogen-bond donors (Lipinski definition) is 0. The molecule has 210 valence electrons. The van der Waals surface area contributed by atoms with Crippen LogP contribution in [0.3, 0.4) is 0 Å².